The minimum absolute atomic E-state index is 0.0924. The highest BCUT2D eigenvalue weighted by molar-refractivity contribution is 5.75. The highest BCUT2D eigenvalue weighted by atomic mass is 16.7. The van der Waals surface area contributed by atoms with Gasteiger partial charge in [0.1, 0.15) is 18.3 Å². The van der Waals surface area contributed by atoms with Gasteiger partial charge in [-0.2, -0.15) is 0 Å². The van der Waals surface area contributed by atoms with E-state index < -0.39 is 37.3 Å². The minimum atomic E-state index is -1.30. The van der Waals surface area contributed by atoms with E-state index in [2.05, 4.69) is 5.32 Å². The van der Waals surface area contributed by atoms with Crippen LogP contribution in [0.1, 0.15) is 12.8 Å². The average Bonchev–Trinajstić information content (AvgIpc) is 2.78. The summed E-state index contributed by atoms with van der Waals surface area (Å²) in [5.74, 6) is -0.0924. The largest absolute Gasteiger partial charge is 0.394 e. The molecule has 0 saturated carbocycles. The zero-order valence-electron chi connectivity index (χ0n) is 16.2. The first kappa shape index (κ1) is 25.1. The lowest BCUT2D eigenvalue weighted by molar-refractivity contribution is -0.228. The van der Waals surface area contributed by atoms with Gasteiger partial charge in [0.2, 0.25) is 5.91 Å². The molecule has 0 aliphatic carbocycles. The smallest absolute Gasteiger partial charge is 0.222 e. The van der Waals surface area contributed by atoms with Crippen molar-refractivity contribution in [2.75, 3.05) is 59.9 Å². The van der Waals surface area contributed by atoms with Gasteiger partial charge in [-0.1, -0.05) is 0 Å². The second kappa shape index (κ2) is 15.0. The molecule has 0 aromatic rings. The molecule has 0 spiro atoms. The molecule has 1 aliphatic heterocycles. The van der Waals surface area contributed by atoms with Crippen LogP contribution in [-0.2, 0) is 28.5 Å². The number of hydrogen-bond acceptors (Lipinski definition) is 10. The van der Waals surface area contributed by atoms with Gasteiger partial charge in [0, 0.05) is 26.5 Å². The second-order valence-electron chi connectivity index (χ2n) is 6.27. The van der Waals surface area contributed by atoms with Crippen LogP contribution in [-0.4, -0.2) is 117 Å². The summed E-state index contributed by atoms with van der Waals surface area (Å²) in [7, 11) is 1.54. The fourth-order valence-electron chi connectivity index (χ4n) is 2.48. The highest BCUT2D eigenvalue weighted by Crippen LogP contribution is 2.21. The maximum absolute atomic E-state index is 11.3. The number of ether oxygens (including phenoxy) is 5. The SMILES string of the molecule is COCCC(=O)NCCOCCOCCOC1OC(CO)C(O)C(O)CC1O. The zero-order valence-corrected chi connectivity index (χ0v) is 16.2. The third-order valence-corrected chi connectivity index (χ3v) is 4.04. The van der Waals surface area contributed by atoms with Crippen LogP contribution in [0.25, 0.3) is 0 Å². The maximum Gasteiger partial charge on any atom is 0.222 e. The average molecular weight is 411 g/mol. The third-order valence-electron chi connectivity index (χ3n) is 4.04. The van der Waals surface area contributed by atoms with Crippen molar-refractivity contribution in [2.24, 2.45) is 0 Å². The van der Waals surface area contributed by atoms with Crippen molar-refractivity contribution < 1.29 is 48.9 Å². The third kappa shape index (κ3) is 10.0. The molecule has 5 unspecified atom stereocenters. The summed E-state index contributed by atoms with van der Waals surface area (Å²) >= 11 is 0. The summed E-state index contributed by atoms with van der Waals surface area (Å²) in [6, 6.07) is 0. The molecule has 5 atom stereocenters. The Bertz CT molecular complexity index is 413. The fraction of sp³-hybridized carbons (Fsp3) is 0.941. The molecule has 0 aromatic heterocycles. The summed E-state index contributed by atoms with van der Waals surface area (Å²) < 4.78 is 26.1. The standard InChI is InChI=1S/C17H33NO10/c1-24-4-2-15(22)18-3-5-25-6-7-26-8-9-27-17-13(21)10-12(20)16(23)14(11-19)28-17/h12-14,16-17,19-21,23H,2-11H2,1H3,(H,18,22). The minimum Gasteiger partial charge on any atom is -0.394 e. The molecular formula is C17H33NO10. The van der Waals surface area contributed by atoms with E-state index >= 15 is 0 Å². The van der Waals surface area contributed by atoms with Crippen molar-refractivity contribution >= 4 is 5.91 Å². The van der Waals surface area contributed by atoms with Crippen LogP contribution in [0, 0.1) is 0 Å². The van der Waals surface area contributed by atoms with Crippen LogP contribution in [0.5, 0.6) is 0 Å². The number of aliphatic hydroxyl groups is 4. The van der Waals surface area contributed by atoms with Crippen molar-refractivity contribution in [1.82, 2.24) is 5.32 Å². The van der Waals surface area contributed by atoms with E-state index in [1.807, 2.05) is 0 Å². The lowest BCUT2D eigenvalue weighted by atomic mass is 10.0. The summed E-state index contributed by atoms with van der Waals surface area (Å²) in [5.41, 5.74) is 0. The molecule has 1 rings (SSSR count). The predicted molar refractivity (Wildman–Crippen MR) is 95.5 cm³/mol. The summed E-state index contributed by atoms with van der Waals surface area (Å²) in [6.45, 7) is 1.66. The Kier molecular flexibility index (Phi) is 13.5. The Labute approximate surface area is 164 Å². The first-order chi connectivity index (χ1) is 13.5. The molecule has 0 aromatic carbocycles. The first-order valence-electron chi connectivity index (χ1n) is 9.32. The number of amides is 1. The van der Waals surface area contributed by atoms with Gasteiger partial charge in [-0.25, -0.2) is 0 Å². The van der Waals surface area contributed by atoms with Crippen LogP contribution in [0.4, 0.5) is 0 Å². The summed E-state index contributed by atoms with van der Waals surface area (Å²) in [6.07, 6.45) is -5.57. The van der Waals surface area contributed by atoms with Gasteiger partial charge in [-0.15, -0.1) is 0 Å². The molecule has 0 bridgehead atoms. The van der Waals surface area contributed by atoms with Crippen LogP contribution >= 0.6 is 0 Å². The molecule has 1 amide bonds. The number of carbonyl (C=O) groups is 1. The maximum atomic E-state index is 11.3. The topological polar surface area (TPSA) is 156 Å². The second-order valence-corrected chi connectivity index (χ2v) is 6.27. The van der Waals surface area contributed by atoms with Crippen molar-refractivity contribution in [3.05, 3.63) is 0 Å². The van der Waals surface area contributed by atoms with Crippen molar-refractivity contribution in [1.29, 1.82) is 0 Å². The molecular weight excluding hydrogens is 378 g/mol. The van der Waals surface area contributed by atoms with E-state index in [1.165, 1.54) is 7.11 Å². The number of methoxy groups -OCH3 is 1. The van der Waals surface area contributed by atoms with E-state index in [0.717, 1.165) is 0 Å². The molecule has 28 heavy (non-hydrogen) atoms. The lowest BCUT2D eigenvalue weighted by Gasteiger charge is -2.25. The molecule has 1 fully saturated rings. The van der Waals surface area contributed by atoms with E-state index in [0.29, 0.717) is 39.4 Å². The first-order valence-corrected chi connectivity index (χ1v) is 9.32. The van der Waals surface area contributed by atoms with Gasteiger partial charge < -0.3 is 49.4 Å². The molecule has 1 aliphatic rings. The van der Waals surface area contributed by atoms with Gasteiger partial charge in [0.15, 0.2) is 6.29 Å². The van der Waals surface area contributed by atoms with E-state index in [4.69, 9.17) is 23.7 Å². The molecule has 11 heteroatoms. The van der Waals surface area contributed by atoms with Crippen molar-refractivity contribution in [2.45, 2.75) is 43.5 Å². The Balaban J connectivity index is 2.04. The zero-order chi connectivity index (χ0) is 20.8. The Morgan fingerprint density at radius 1 is 1.04 bits per heavy atom. The normalized spacial score (nSPS) is 28.1. The molecule has 11 nitrogen and oxygen atoms in total. The number of carbonyl (C=O) groups excluding carboxylic acids is 1. The van der Waals surface area contributed by atoms with Crippen molar-refractivity contribution in [3.8, 4) is 0 Å². The molecule has 5 N–H and O–H groups in total. The summed E-state index contributed by atoms with van der Waals surface area (Å²) in [4.78, 5) is 11.3. The van der Waals surface area contributed by atoms with Crippen LogP contribution in [0.3, 0.4) is 0 Å². The van der Waals surface area contributed by atoms with E-state index in [-0.39, 0.29) is 25.5 Å². The predicted octanol–water partition coefficient (Wildman–Crippen LogP) is -2.62. The van der Waals surface area contributed by atoms with Crippen LogP contribution < -0.4 is 5.32 Å². The number of nitrogens with one attached hydrogen (secondary N) is 1. The van der Waals surface area contributed by atoms with Crippen LogP contribution in [0.15, 0.2) is 0 Å². The molecule has 1 heterocycles. The number of aliphatic hydroxyl groups excluding tert-OH is 4. The van der Waals surface area contributed by atoms with Gasteiger partial charge in [-0.05, 0) is 0 Å². The monoisotopic (exact) mass is 411 g/mol. The molecule has 1 saturated heterocycles. The van der Waals surface area contributed by atoms with Crippen LogP contribution in [0.2, 0.25) is 0 Å². The van der Waals surface area contributed by atoms with Gasteiger partial charge >= 0.3 is 0 Å². The Morgan fingerprint density at radius 3 is 2.39 bits per heavy atom. The van der Waals surface area contributed by atoms with Gasteiger partial charge in [0.25, 0.3) is 0 Å². The fourth-order valence-corrected chi connectivity index (χ4v) is 2.48. The number of hydrogen-bond donors (Lipinski definition) is 5. The molecule has 166 valence electrons. The molecule has 0 radical (unpaired) electrons. The Hall–Kier alpha value is -0.890. The van der Waals surface area contributed by atoms with E-state index in [1.54, 1.807) is 0 Å². The van der Waals surface area contributed by atoms with Gasteiger partial charge in [-0.3, -0.25) is 4.79 Å². The van der Waals surface area contributed by atoms with E-state index in [9.17, 15) is 25.2 Å². The Morgan fingerprint density at radius 2 is 1.71 bits per heavy atom. The van der Waals surface area contributed by atoms with Crippen molar-refractivity contribution in [3.63, 3.8) is 0 Å². The quantitative estimate of drug-likeness (QED) is 0.192. The summed E-state index contributed by atoms with van der Waals surface area (Å²) in [5, 5.41) is 41.4. The lowest BCUT2D eigenvalue weighted by Crippen LogP contribution is -2.40. The highest BCUT2D eigenvalue weighted by Gasteiger charge is 2.38. The number of rotatable bonds is 14. The van der Waals surface area contributed by atoms with Gasteiger partial charge in [0.05, 0.1) is 52.4 Å².